The molecule has 2 aromatic heterocycles. The molecule has 3 fully saturated rings. The Kier molecular flexibility index (Phi) is 5.98. The number of hydrogen-bond acceptors (Lipinski definition) is 7. The quantitative estimate of drug-likeness (QED) is 0.440. The second kappa shape index (κ2) is 9.60. The number of fused-ring (bicyclic) bond motifs is 1. The van der Waals surface area contributed by atoms with Crippen LogP contribution in [0.25, 0.3) is 11.3 Å². The maximum Gasteiger partial charge on any atom is 0.262 e. The van der Waals surface area contributed by atoms with E-state index in [4.69, 9.17) is 9.84 Å². The first-order valence-electron chi connectivity index (χ1n) is 14.0. The minimum Gasteiger partial charge on any atom is -0.493 e. The molecule has 2 aliphatic heterocycles. The molecule has 11 heteroatoms. The number of rotatable bonds is 7. The highest BCUT2D eigenvalue weighted by Crippen LogP contribution is 2.45. The fourth-order valence-electron chi connectivity index (χ4n) is 5.95. The molecule has 0 spiro atoms. The Morgan fingerprint density at radius 1 is 1.00 bits per heavy atom. The van der Waals surface area contributed by atoms with Crippen LogP contribution in [0.3, 0.4) is 0 Å². The Hall–Kier alpha value is -4.41. The molecule has 0 bridgehead atoms. The molecule has 2 aliphatic carbocycles. The molecule has 10 nitrogen and oxygen atoms in total. The normalized spacial score (nSPS) is 23.9. The summed E-state index contributed by atoms with van der Waals surface area (Å²) in [7, 11) is 0. The minimum atomic E-state index is -0.998. The van der Waals surface area contributed by atoms with Gasteiger partial charge < -0.3 is 4.74 Å². The predicted octanol–water partition coefficient (Wildman–Crippen LogP) is 3.70. The van der Waals surface area contributed by atoms with E-state index >= 15 is 0 Å². The highest BCUT2D eigenvalue weighted by molar-refractivity contribution is 6.23. The van der Waals surface area contributed by atoms with Gasteiger partial charge >= 0.3 is 0 Å². The second-order valence-electron chi connectivity index (χ2n) is 11.4. The molecule has 210 valence electrons. The Morgan fingerprint density at radius 2 is 1.78 bits per heavy atom. The number of amides is 4. The first-order chi connectivity index (χ1) is 19.8. The fourth-order valence-corrected chi connectivity index (χ4v) is 5.95. The lowest BCUT2D eigenvalue weighted by molar-refractivity contribution is -0.136. The monoisotopic (exact) mass is 557 g/mol. The molecule has 41 heavy (non-hydrogen) atoms. The van der Waals surface area contributed by atoms with Gasteiger partial charge in [-0.2, -0.15) is 5.10 Å². The van der Waals surface area contributed by atoms with Crippen molar-refractivity contribution < 1.29 is 28.3 Å². The lowest BCUT2D eigenvalue weighted by Gasteiger charge is -2.35. The number of nitrogens with one attached hydrogen (secondary N) is 1. The molecule has 1 unspecified atom stereocenters. The number of nitrogens with zero attached hydrogens (tertiary/aromatic N) is 4. The number of aryl methyl sites for hydroxylation is 1. The van der Waals surface area contributed by atoms with Crippen LogP contribution in [0.1, 0.15) is 82.6 Å². The van der Waals surface area contributed by atoms with Crippen molar-refractivity contribution in [3.63, 3.8) is 0 Å². The number of piperidine rings is 1. The molecule has 1 atom stereocenters. The van der Waals surface area contributed by atoms with E-state index in [1.54, 1.807) is 31.2 Å². The maximum absolute atomic E-state index is 13.8. The van der Waals surface area contributed by atoms with Crippen molar-refractivity contribution in [1.29, 1.82) is 0 Å². The first kappa shape index (κ1) is 25.6. The molecule has 4 heterocycles. The molecule has 2 saturated carbocycles. The third-order valence-electron chi connectivity index (χ3n) is 8.50. The number of ether oxygens (including phenoxy) is 1. The second-order valence-corrected chi connectivity index (χ2v) is 11.4. The Balaban J connectivity index is 0.991. The van der Waals surface area contributed by atoms with Gasteiger partial charge in [0, 0.05) is 24.1 Å². The summed E-state index contributed by atoms with van der Waals surface area (Å²) >= 11 is 0. The minimum absolute atomic E-state index is 0.0745. The standard InChI is InChI=1S/C30H28FN5O5/c1-15-23(31)6-7-24(32-15)22-13-35(34-27(22)17-2-3-17)18-10-16(11-18)14-41-19-4-5-20-21(12-19)30(40)36(29(20)39)25-8-9-26(37)33-28(25)38/h4-7,12-13,16-18,25H,2-3,8-11,14H2,1H3,(H,33,37,38). The van der Waals surface area contributed by atoms with Gasteiger partial charge in [-0.05, 0) is 75.3 Å². The maximum atomic E-state index is 13.8. The van der Waals surface area contributed by atoms with Gasteiger partial charge in [0.1, 0.15) is 17.6 Å². The Bertz CT molecular complexity index is 1620. The van der Waals surface area contributed by atoms with Crippen molar-refractivity contribution in [2.45, 2.75) is 63.5 Å². The summed E-state index contributed by atoms with van der Waals surface area (Å²) in [5.41, 5.74) is 3.55. The summed E-state index contributed by atoms with van der Waals surface area (Å²) in [6.45, 7) is 2.12. The summed E-state index contributed by atoms with van der Waals surface area (Å²) in [6.07, 6.45) is 6.19. The smallest absolute Gasteiger partial charge is 0.262 e. The number of carbonyl (C=O) groups excluding carboxylic acids is 4. The average Bonchev–Trinajstić information content (AvgIpc) is 3.63. The van der Waals surface area contributed by atoms with E-state index in [0.717, 1.165) is 47.5 Å². The van der Waals surface area contributed by atoms with Crippen LogP contribution >= 0.6 is 0 Å². The number of aromatic nitrogens is 3. The highest BCUT2D eigenvalue weighted by Gasteiger charge is 2.45. The van der Waals surface area contributed by atoms with Gasteiger partial charge in [-0.25, -0.2) is 9.37 Å². The van der Waals surface area contributed by atoms with Gasteiger partial charge in [0.15, 0.2) is 0 Å². The van der Waals surface area contributed by atoms with Crippen LogP contribution in [0.15, 0.2) is 36.5 Å². The zero-order valence-corrected chi connectivity index (χ0v) is 22.4. The van der Waals surface area contributed by atoms with E-state index in [9.17, 15) is 23.6 Å². The van der Waals surface area contributed by atoms with E-state index in [0.29, 0.717) is 29.9 Å². The summed E-state index contributed by atoms with van der Waals surface area (Å²) in [6, 6.07) is 7.17. The Morgan fingerprint density at radius 3 is 2.51 bits per heavy atom. The number of imide groups is 2. The van der Waals surface area contributed by atoms with Crippen LogP contribution in [0, 0.1) is 18.7 Å². The van der Waals surface area contributed by atoms with Crippen molar-refractivity contribution in [1.82, 2.24) is 25.0 Å². The van der Waals surface area contributed by atoms with Gasteiger partial charge in [0.05, 0.1) is 40.9 Å². The van der Waals surface area contributed by atoms with Crippen molar-refractivity contribution in [3.8, 4) is 17.0 Å². The molecular formula is C30H28FN5O5. The predicted molar refractivity (Wildman–Crippen MR) is 142 cm³/mol. The SMILES string of the molecule is Cc1nc(-c2cn(C3CC(COc4ccc5c(c4)C(=O)N(C4CCC(=O)NC4=O)C5=O)C3)nc2C2CC2)ccc1F. The highest BCUT2D eigenvalue weighted by atomic mass is 19.1. The summed E-state index contributed by atoms with van der Waals surface area (Å²) in [4.78, 5) is 55.1. The molecule has 3 aromatic rings. The largest absolute Gasteiger partial charge is 0.493 e. The Labute approximate surface area is 234 Å². The van der Waals surface area contributed by atoms with Crippen LogP contribution in [-0.4, -0.2) is 55.9 Å². The molecule has 4 amide bonds. The summed E-state index contributed by atoms with van der Waals surface area (Å²) < 4.78 is 21.8. The third kappa shape index (κ3) is 4.49. The molecular weight excluding hydrogens is 529 g/mol. The third-order valence-corrected chi connectivity index (χ3v) is 8.50. The van der Waals surface area contributed by atoms with E-state index in [1.807, 2.05) is 10.9 Å². The average molecular weight is 558 g/mol. The van der Waals surface area contributed by atoms with Crippen LogP contribution < -0.4 is 10.1 Å². The van der Waals surface area contributed by atoms with Crippen LogP contribution in [0.4, 0.5) is 4.39 Å². The fraction of sp³-hybridized carbons (Fsp3) is 0.400. The van der Waals surface area contributed by atoms with Crippen LogP contribution in [0.5, 0.6) is 5.75 Å². The van der Waals surface area contributed by atoms with Crippen molar-refractivity contribution >= 4 is 23.6 Å². The number of pyridine rings is 1. The number of halogens is 1. The van der Waals surface area contributed by atoms with Crippen molar-refractivity contribution in [2.75, 3.05) is 6.61 Å². The van der Waals surface area contributed by atoms with E-state index in [1.165, 1.54) is 6.07 Å². The first-order valence-corrected chi connectivity index (χ1v) is 14.0. The van der Waals surface area contributed by atoms with Crippen molar-refractivity contribution in [3.05, 3.63) is 64.9 Å². The topological polar surface area (TPSA) is 123 Å². The lowest BCUT2D eigenvalue weighted by atomic mass is 9.81. The van der Waals surface area contributed by atoms with Crippen molar-refractivity contribution in [2.24, 2.45) is 5.92 Å². The van der Waals surface area contributed by atoms with Crippen LogP contribution in [0.2, 0.25) is 0 Å². The van der Waals surface area contributed by atoms with E-state index in [2.05, 4.69) is 10.3 Å². The molecule has 1 aromatic carbocycles. The van der Waals surface area contributed by atoms with Gasteiger partial charge in [0.25, 0.3) is 11.8 Å². The zero-order chi connectivity index (χ0) is 28.4. The number of benzene rings is 1. The van der Waals surface area contributed by atoms with Gasteiger partial charge in [0.2, 0.25) is 11.8 Å². The summed E-state index contributed by atoms with van der Waals surface area (Å²) in [5, 5.41) is 7.11. The summed E-state index contributed by atoms with van der Waals surface area (Å²) in [5.74, 6) is -1.25. The molecule has 4 aliphatic rings. The van der Waals surface area contributed by atoms with Gasteiger partial charge in [-0.3, -0.25) is 34.1 Å². The van der Waals surface area contributed by atoms with E-state index < -0.39 is 29.7 Å². The van der Waals surface area contributed by atoms with Gasteiger partial charge in [-0.1, -0.05) is 0 Å². The number of carbonyl (C=O) groups is 4. The van der Waals surface area contributed by atoms with Crippen LogP contribution in [-0.2, 0) is 9.59 Å². The lowest BCUT2D eigenvalue weighted by Crippen LogP contribution is -2.54. The molecule has 7 rings (SSSR count). The zero-order valence-electron chi connectivity index (χ0n) is 22.4. The molecule has 1 N–H and O–H groups in total. The molecule has 0 radical (unpaired) electrons. The number of hydrogen-bond donors (Lipinski definition) is 1. The molecule has 1 saturated heterocycles. The van der Waals surface area contributed by atoms with E-state index in [-0.39, 0.29) is 35.8 Å². The van der Waals surface area contributed by atoms with Gasteiger partial charge in [-0.15, -0.1) is 0 Å².